The Kier molecular flexibility index (Phi) is 6.14. The van der Waals surface area contributed by atoms with E-state index in [1.165, 1.54) is 6.20 Å². The van der Waals surface area contributed by atoms with Crippen molar-refractivity contribution in [2.24, 2.45) is 0 Å². The lowest BCUT2D eigenvalue weighted by Crippen LogP contribution is -2.22. The molecule has 0 saturated carbocycles. The molecular formula is C20H19N3O3. The number of carbonyl (C=O) groups is 1. The molecule has 3 rings (SSSR count). The first kappa shape index (κ1) is 17.4. The van der Waals surface area contributed by atoms with Crippen LogP contribution < -0.4 is 14.8 Å². The monoisotopic (exact) mass is 349 g/mol. The van der Waals surface area contributed by atoms with E-state index < -0.39 is 0 Å². The summed E-state index contributed by atoms with van der Waals surface area (Å²) in [6.07, 6.45) is 4.84. The highest BCUT2D eigenvalue weighted by atomic mass is 16.5. The van der Waals surface area contributed by atoms with Gasteiger partial charge < -0.3 is 14.8 Å². The van der Waals surface area contributed by atoms with E-state index in [0.29, 0.717) is 31.2 Å². The van der Waals surface area contributed by atoms with Gasteiger partial charge in [-0.1, -0.05) is 24.3 Å². The molecule has 132 valence electrons. The largest absolute Gasteiger partial charge is 0.490 e. The second-order valence-corrected chi connectivity index (χ2v) is 5.44. The number of hydrogen-bond acceptors (Lipinski definition) is 5. The molecule has 1 N–H and O–H groups in total. The Hall–Kier alpha value is -3.41. The van der Waals surface area contributed by atoms with E-state index in [2.05, 4.69) is 15.3 Å². The summed E-state index contributed by atoms with van der Waals surface area (Å²) >= 11 is 0. The minimum absolute atomic E-state index is 0.170. The van der Waals surface area contributed by atoms with Crippen molar-refractivity contribution in [2.45, 2.75) is 6.54 Å². The van der Waals surface area contributed by atoms with Crippen LogP contribution in [0.1, 0.15) is 15.9 Å². The summed E-state index contributed by atoms with van der Waals surface area (Å²) in [4.78, 5) is 20.1. The molecule has 0 spiro atoms. The summed E-state index contributed by atoms with van der Waals surface area (Å²) in [5.41, 5.74) is 1.41. The third kappa shape index (κ3) is 5.31. The van der Waals surface area contributed by atoms with Crippen molar-refractivity contribution >= 4 is 5.91 Å². The van der Waals surface area contributed by atoms with Gasteiger partial charge in [0.15, 0.2) is 0 Å². The summed E-state index contributed by atoms with van der Waals surface area (Å²) in [7, 11) is 0. The van der Waals surface area contributed by atoms with Crippen LogP contribution in [0.5, 0.6) is 11.6 Å². The molecule has 0 atom stereocenters. The molecule has 6 nitrogen and oxygen atoms in total. The zero-order valence-corrected chi connectivity index (χ0v) is 14.2. The van der Waals surface area contributed by atoms with Gasteiger partial charge in [-0.2, -0.15) is 0 Å². The van der Waals surface area contributed by atoms with E-state index in [-0.39, 0.29) is 5.91 Å². The Balaban J connectivity index is 1.40. The standard InChI is InChI=1S/C20H19N3O3/c24-20(17-5-4-10-21-15-17)23-14-16-8-9-19(22-13-16)26-12-11-25-18-6-2-1-3-7-18/h1-10,13,15H,11-12,14H2,(H,23,24). The van der Waals surface area contributed by atoms with Crippen LogP contribution in [-0.4, -0.2) is 29.1 Å². The SMILES string of the molecule is O=C(NCc1ccc(OCCOc2ccccc2)nc1)c1cccnc1. The third-order valence-corrected chi connectivity index (χ3v) is 3.52. The Morgan fingerprint density at radius 1 is 0.923 bits per heavy atom. The van der Waals surface area contributed by atoms with Gasteiger partial charge in [-0.05, 0) is 29.8 Å². The van der Waals surface area contributed by atoms with E-state index in [0.717, 1.165) is 11.3 Å². The first-order chi connectivity index (χ1) is 12.8. The highest BCUT2D eigenvalue weighted by Gasteiger charge is 2.05. The van der Waals surface area contributed by atoms with Crippen LogP contribution in [0.15, 0.2) is 73.2 Å². The first-order valence-electron chi connectivity index (χ1n) is 8.25. The van der Waals surface area contributed by atoms with Crippen molar-refractivity contribution in [1.29, 1.82) is 0 Å². The maximum Gasteiger partial charge on any atom is 0.253 e. The molecule has 0 fully saturated rings. The lowest BCUT2D eigenvalue weighted by molar-refractivity contribution is 0.0950. The van der Waals surface area contributed by atoms with Crippen LogP contribution in [0.3, 0.4) is 0 Å². The van der Waals surface area contributed by atoms with Gasteiger partial charge in [0, 0.05) is 31.2 Å². The predicted molar refractivity (Wildman–Crippen MR) is 97.1 cm³/mol. The Morgan fingerprint density at radius 3 is 2.50 bits per heavy atom. The quantitative estimate of drug-likeness (QED) is 0.633. The average molecular weight is 349 g/mol. The minimum atomic E-state index is -0.170. The second kappa shape index (κ2) is 9.17. The number of rotatable bonds is 8. The number of aromatic nitrogens is 2. The van der Waals surface area contributed by atoms with E-state index in [9.17, 15) is 4.79 Å². The summed E-state index contributed by atoms with van der Waals surface area (Å²) < 4.78 is 11.1. The minimum Gasteiger partial charge on any atom is -0.490 e. The van der Waals surface area contributed by atoms with Crippen molar-refractivity contribution in [2.75, 3.05) is 13.2 Å². The van der Waals surface area contributed by atoms with E-state index in [1.54, 1.807) is 30.6 Å². The topological polar surface area (TPSA) is 73.3 Å². The number of benzene rings is 1. The lowest BCUT2D eigenvalue weighted by atomic mass is 10.2. The third-order valence-electron chi connectivity index (χ3n) is 3.52. The van der Waals surface area contributed by atoms with Crippen LogP contribution in [0.4, 0.5) is 0 Å². The van der Waals surface area contributed by atoms with Crippen molar-refractivity contribution < 1.29 is 14.3 Å². The summed E-state index contributed by atoms with van der Waals surface area (Å²) in [6, 6.07) is 16.7. The molecule has 26 heavy (non-hydrogen) atoms. The van der Waals surface area contributed by atoms with Crippen molar-refractivity contribution in [3.05, 3.63) is 84.3 Å². The predicted octanol–water partition coefficient (Wildman–Crippen LogP) is 2.86. The van der Waals surface area contributed by atoms with E-state index in [4.69, 9.17) is 9.47 Å². The van der Waals surface area contributed by atoms with Gasteiger partial charge in [-0.25, -0.2) is 4.98 Å². The molecule has 0 aliphatic carbocycles. The van der Waals surface area contributed by atoms with Gasteiger partial charge in [0.05, 0.1) is 5.56 Å². The number of amides is 1. The average Bonchev–Trinajstić information content (AvgIpc) is 2.72. The fourth-order valence-electron chi connectivity index (χ4n) is 2.20. The van der Waals surface area contributed by atoms with Crippen LogP contribution in [-0.2, 0) is 6.54 Å². The molecule has 3 aromatic rings. The molecule has 0 aliphatic heterocycles. The molecular weight excluding hydrogens is 330 g/mol. The Morgan fingerprint density at radius 2 is 1.77 bits per heavy atom. The van der Waals surface area contributed by atoms with Gasteiger partial charge in [-0.3, -0.25) is 9.78 Å². The Bertz CT molecular complexity index is 809. The second-order valence-electron chi connectivity index (χ2n) is 5.44. The maximum atomic E-state index is 12.0. The first-order valence-corrected chi connectivity index (χ1v) is 8.25. The number of nitrogens with one attached hydrogen (secondary N) is 1. The van der Waals surface area contributed by atoms with Crippen LogP contribution in [0.25, 0.3) is 0 Å². The fourth-order valence-corrected chi connectivity index (χ4v) is 2.20. The normalized spacial score (nSPS) is 10.2. The van der Waals surface area contributed by atoms with Crippen LogP contribution >= 0.6 is 0 Å². The van der Waals surface area contributed by atoms with Crippen molar-refractivity contribution in [1.82, 2.24) is 15.3 Å². The molecule has 0 radical (unpaired) electrons. The molecule has 0 saturated heterocycles. The molecule has 1 aromatic carbocycles. The highest BCUT2D eigenvalue weighted by Crippen LogP contribution is 2.10. The fraction of sp³-hybridized carbons (Fsp3) is 0.150. The number of nitrogens with zero attached hydrogens (tertiary/aromatic N) is 2. The molecule has 0 aliphatic rings. The number of carbonyl (C=O) groups excluding carboxylic acids is 1. The van der Waals surface area contributed by atoms with Gasteiger partial charge in [0.25, 0.3) is 5.91 Å². The van der Waals surface area contributed by atoms with Gasteiger partial charge in [0.2, 0.25) is 5.88 Å². The van der Waals surface area contributed by atoms with Crippen molar-refractivity contribution in [3.63, 3.8) is 0 Å². The maximum absolute atomic E-state index is 12.0. The summed E-state index contributed by atoms with van der Waals surface area (Å²) in [5, 5.41) is 2.83. The molecule has 0 unspecified atom stereocenters. The van der Waals surface area contributed by atoms with Crippen LogP contribution in [0.2, 0.25) is 0 Å². The Labute approximate surface area is 151 Å². The van der Waals surface area contributed by atoms with Gasteiger partial charge in [0.1, 0.15) is 19.0 Å². The van der Waals surface area contributed by atoms with E-state index >= 15 is 0 Å². The zero-order chi connectivity index (χ0) is 18.0. The molecule has 2 aromatic heterocycles. The summed E-state index contributed by atoms with van der Waals surface area (Å²) in [5.74, 6) is 1.16. The molecule has 1 amide bonds. The van der Waals surface area contributed by atoms with Gasteiger partial charge >= 0.3 is 0 Å². The van der Waals surface area contributed by atoms with Crippen molar-refractivity contribution in [3.8, 4) is 11.6 Å². The lowest BCUT2D eigenvalue weighted by Gasteiger charge is -2.08. The molecule has 2 heterocycles. The summed E-state index contributed by atoms with van der Waals surface area (Å²) in [6.45, 7) is 1.23. The number of ether oxygens (including phenoxy) is 2. The van der Waals surface area contributed by atoms with E-state index in [1.807, 2.05) is 36.4 Å². The number of hydrogen-bond donors (Lipinski definition) is 1. The zero-order valence-electron chi connectivity index (χ0n) is 14.2. The smallest absolute Gasteiger partial charge is 0.253 e. The molecule has 6 heteroatoms. The highest BCUT2D eigenvalue weighted by molar-refractivity contribution is 5.93. The van der Waals surface area contributed by atoms with Crippen LogP contribution in [0, 0.1) is 0 Å². The molecule has 0 bridgehead atoms. The number of para-hydroxylation sites is 1. The number of pyridine rings is 2. The van der Waals surface area contributed by atoms with Gasteiger partial charge in [-0.15, -0.1) is 0 Å².